The van der Waals surface area contributed by atoms with E-state index in [1.54, 1.807) is 30.9 Å². The summed E-state index contributed by atoms with van der Waals surface area (Å²) >= 11 is 0. The topological polar surface area (TPSA) is 167 Å². The summed E-state index contributed by atoms with van der Waals surface area (Å²) < 4.78 is 24.1. The van der Waals surface area contributed by atoms with Crippen LogP contribution in [-0.2, 0) is 11.2 Å². The van der Waals surface area contributed by atoms with Gasteiger partial charge in [-0.05, 0) is 146 Å². The Hall–Kier alpha value is -6.64. The third kappa shape index (κ3) is 12.3. The van der Waals surface area contributed by atoms with Gasteiger partial charge in [0.2, 0.25) is 0 Å². The van der Waals surface area contributed by atoms with Gasteiger partial charge in [0, 0.05) is 55.5 Å². The molecule has 14 heteroatoms. The van der Waals surface area contributed by atoms with Gasteiger partial charge in [0.1, 0.15) is 23.0 Å². The highest BCUT2D eigenvalue weighted by Gasteiger charge is 2.46. The number of fused-ring (bicyclic) bond motifs is 8. The average molecular weight is 970 g/mol. The van der Waals surface area contributed by atoms with Gasteiger partial charge < -0.3 is 49.1 Å². The van der Waals surface area contributed by atoms with Crippen molar-refractivity contribution in [3.05, 3.63) is 131 Å². The molecule has 380 valence electrons. The number of imidazole rings is 2. The summed E-state index contributed by atoms with van der Waals surface area (Å²) in [6, 6.07) is 26.7. The molecule has 6 aromatic rings. The summed E-state index contributed by atoms with van der Waals surface area (Å²) in [6.45, 7) is 25.0. The first kappa shape index (κ1) is 53.7. The number of aromatic nitrogens is 4. The van der Waals surface area contributed by atoms with Crippen LogP contribution < -0.4 is 24.3 Å². The number of carbonyl (C=O) groups excluding carboxylic acids is 1. The second-order valence-corrected chi connectivity index (χ2v) is 18.7. The van der Waals surface area contributed by atoms with E-state index in [0.29, 0.717) is 24.2 Å². The minimum absolute atomic E-state index is 0. The largest absolute Gasteiger partial charge is 0.491 e. The number of hydrogen-bond donors (Lipinski definition) is 4. The van der Waals surface area contributed by atoms with Gasteiger partial charge in [-0.2, -0.15) is 0 Å². The Morgan fingerprint density at radius 3 is 1.54 bits per heavy atom. The Bertz CT molecular complexity index is 2680. The normalized spacial score (nSPS) is 15.4. The van der Waals surface area contributed by atoms with Crippen LogP contribution in [0.4, 0.5) is 0 Å². The molecule has 0 aliphatic carbocycles. The van der Waals surface area contributed by atoms with E-state index in [-0.39, 0.29) is 31.1 Å². The molecule has 4 N–H and O–H groups in total. The monoisotopic (exact) mass is 970 g/mol. The van der Waals surface area contributed by atoms with Crippen molar-refractivity contribution in [3.63, 3.8) is 0 Å². The van der Waals surface area contributed by atoms with Gasteiger partial charge in [-0.15, -0.1) is 0 Å². The molecule has 2 fully saturated rings. The molecular formula is C57H75N7O7. The number of benzene rings is 4. The smallest absolute Gasteiger partial charge is 0.335 e. The number of nitrogens with zero attached hydrogens (tertiary/aromatic N) is 4. The number of hydrogen-bond acceptors (Lipinski definition) is 10. The van der Waals surface area contributed by atoms with E-state index in [0.717, 1.165) is 107 Å². The van der Waals surface area contributed by atoms with Crippen molar-refractivity contribution in [1.29, 1.82) is 0 Å². The van der Waals surface area contributed by atoms with Crippen LogP contribution in [0.2, 0.25) is 0 Å². The Labute approximate surface area is 420 Å². The number of rotatable bonds is 9. The van der Waals surface area contributed by atoms with Crippen molar-refractivity contribution in [2.75, 3.05) is 45.8 Å². The van der Waals surface area contributed by atoms with Crippen LogP contribution in [0.25, 0.3) is 22.5 Å². The minimum atomic E-state index is -0.913. The van der Waals surface area contributed by atoms with Crippen molar-refractivity contribution in [2.24, 2.45) is 0 Å². The van der Waals surface area contributed by atoms with Crippen molar-refractivity contribution >= 4 is 11.9 Å². The molecule has 0 atom stereocenters. The average Bonchev–Trinajstić information content (AvgIpc) is 4.08. The number of ether oxygens (including phenoxy) is 4. The minimum Gasteiger partial charge on any atom is -0.491 e. The fourth-order valence-electron chi connectivity index (χ4n) is 9.51. The van der Waals surface area contributed by atoms with Crippen molar-refractivity contribution < 1.29 is 33.6 Å². The molecule has 2 saturated heterocycles. The summed E-state index contributed by atoms with van der Waals surface area (Å²) in [6.07, 6.45) is 7.12. The molecule has 4 aliphatic rings. The SMILES string of the molecule is C.CCN(CC)CC.Cc1cc(C(=O)N2CCC3(CC2)Oc2ccccc2-c2nc[nH]c23)ccc1OC(C)C.Cc1cc(C(=O)O)ccc1OC(C)C.c1ccc2c(c1)OC1(CCNCC1)c1[nH]cnc1-2. The Kier molecular flexibility index (Phi) is 18.1. The van der Waals surface area contributed by atoms with E-state index in [4.69, 9.17) is 24.1 Å². The molecule has 0 radical (unpaired) electrons. The highest BCUT2D eigenvalue weighted by molar-refractivity contribution is 5.94. The molecule has 0 bridgehead atoms. The standard InChI is InChI=1S/C25H27N3O3.C14H15N3O.C11H14O3.C6H15N.CH4/c1-16(2)30-20-9-8-18(14-17(20)3)24(29)28-12-10-25(11-13-28)23-22(26-15-27-23)19-6-4-5-7-21(19)31-25;1-2-4-11-10(3-1)12-13(17-9-16-12)14(18-11)5-7-15-8-6-14;1-7(2)14-10-5-4-9(11(12)13)6-8(10)3;1-4-7(5-2)6-3;/h4-9,14-16H,10-13H2,1-3H3,(H,26,27);1-4,9,15H,5-8H2,(H,16,17);4-7H,1-3H3,(H,12,13);4-6H2,1-3H3;1H4. The van der Waals surface area contributed by atoms with Crippen LogP contribution in [0.15, 0.2) is 97.6 Å². The number of aromatic carboxylic acids is 1. The van der Waals surface area contributed by atoms with Crippen molar-refractivity contribution in [2.45, 2.75) is 119 Å². The maximum absolute atomic E-state index is 13.2. The van der Waals surface area contributed by atoms with Gasteiger partial charge >= 0.3 is 5.97 Å². The molecule has 10 rings (SSSR count). The van der Waals surface area contributed by atoms with Crippen LogP contribution in [0, 0.1) is 13.8 Å². The van der Waals surface area contributed by atoms with Gasteiger partial charge in [0.15, 0.2) is 11.2 Å². The van der Waals surface area contributed by atoms with Crippen LogP contribution >= 0.6 is 0 Å². The first-order valence-corrected chi connectivity index (χ1v) is 24.9. The summed E-state index contributed by atoms with van der Waals surface area (Å²) in [4.78, 5) is 43.8. The molecule has 2 aromatic heterocycles. The number of nitrogens with one attached hydrogen (secondary N) is 3. The lowest BCUT2D eigenvalue weighted by atomic mass is 9.83. The van der Waals surface area contributed by atoms with E-state index in [9.17, 15) is 9.59 Å². The number of carboxylic acids is 1. The lowest BCUT2D eigenvalue weighted by Gasteiger charge is -2.43. The molecule has 2 spiro atoms. The van der Waals surface area contributed by atoms with Crippen molar-refractivity contribution in [3.8, 4) is 45.5 Å². The predicted octanol–water partition coefficient (Wildman–Crippen LogP) is 11.2. The molecular weight excluding hydrogens is 895 g/mol. The van der Waals surface area contributed by atoms with Gasteiger partial charge in [-0.1, -0.05) is 52.5 Å². The molecule has 6 heterocycles. The lowest BCUT2D eigenvalue weighted by Crippen LogP contribution is -2.49. The zero-order valence-corrected chi connectivity index (χ0v) is 42.4. The van der Waals surface area contributed by atoms with E-state index in [1.807, 2.05) is 107 Å². The second-order valence-electron chi connectivity index (χ2n) is 18.7. The van der Waals surface area contributed by atoms with Crippen LogP contribution in [0.1, 0.15) is 125 Å². The first-order chi connectivity index (χ1) is 33.7. The summed E-state index contributed by atoms with van der Waals surface area (Å²) in [5.41, 5.74) is 8.40. The van der Waals surface area contributed by atoms with Crippen molar-refractivity contribution in [1.82, 2.24) is 35.1 Å². The number of likely N-dealkylation sites (tertiary alicyclic amines) is 1. The molecule has 71 heavy (non-hydrogen) atoms. The number of para-hydroxylation sites is 2. The van der Waals surface area contributed by atoms with Crippen LogP contribution in [-0.4, -0.2) is 105 Å². The van der Waals surface area contributed by atoms with Gasteiger partial charge in [0.05, 0.1) is 53.2 Å². The fraction of sp³-hybridized carbons (Fsp3) is 0.439. The molecule has 0 unspecified atom stereocenters. The quantitative estimate of drug-likeness (QED) is 0.109. The number of carbonyl (C=O) groups is 2. The molecule has 14 nitrogen and oxygen atoms in total. The van der Waals surface area contributed by atoms with Gasteiger partial charge in [0.25, 0.3) is 5.91 Å². The predicted molar refractivity (Wildman–Crippen MR) is 281 cm³/mol. The van der Waals surface area contributed by atoms with E-state index in [1.165, 1.54) is 19.6 Å². The third-order valence-electron chi connectivity index (χ3n) is 13.3. The number of aromatic amines is 2. The number of amides is 1. The number of carboxylic acid groups (broad SMARTS) is 1. The fourth-order valence-corrected chi connectivity index (χ4v) is 9.51. The van der Waals surface area contributed by atoms with E-state index >= 15 is 0 Å². The highest BCUT2D eigenvalue weighted by Crippen LogP contribution is 2.49. The Balaban J connectivity index is 0.000000175. The van der Waals surface area contributed by atoms with Gasteiger partial charge in [-0.3, -0.25) is 4.79 Å². The summed E-state index contributed by atoms with van der Waals surface area (Å²) in [7, 11) is 0. The summed E-state index contributed by atoms with van der Waals surface area (Å²) in [5.74, 6) is 2.52. The lowest BCUT2D eigenvalue weighted by molar-refractivity contribution is -0.00450. The zero-order chi connectivity index (χ0) is 50.0. The first-order valence-electron chi connectivity index (χ1n) is 24.9. The second kappa shape index (κ2) is 24.0. The number of piperidine rings is 2. The van der Waals surface area contributed by atoms with Crippen LogP contribution in [0.5, 0.6) is 23.0 Å². The molecule has 4 aromatic carbocycles. The van der Waals surface area contributed by atoms with Gasteiger partial charge in [-0.25, -0.2) is 14.8 Å². The van der Waals surface area contributed by atoms with E-state index in [2.05, 4.69) is 57.0 Å². The molecule has 4 aliphatic heterocycles. The number of H-pyrrole nitrogens is 2. The van der Waals surface area contributed by atoms with E-state index < -0.39 is 11.6 Å². The van der Waals surface area contributed by atoms with Crippen LogP contribution in [0.3, 0.4) is 0 Å². The molecule has 1 amide bonds. The Morgan fingerprint density at radius 1 is 0.676 bits per heavy atom. The highest BCUT2D eigenvalue weighted by atomic mass is 16.5. The Morgan fingerprint density at radius 2 is 1.11 bits per heavy atom. The third-order valence-corrected chi connectivity index (χ3v) is 13.3. The maximum Gasteiger partial charge on any atom is 0.335 e. The zero-order valence-electron chi connectivity index (χ0n) is 42.4. The summed E-state index contributed by atoms with van der Waals surface area (Å²) in [5, 5.41) is 12.1. The number of aryl methyl sites for hydroxylation is 2. The maximum atomic E-state index is 13.2. The molecule has 0 saturated carbocycles.